The molecule has 0 saturated carbocycles. The molecule has 198 valence electrons. The summed E-state index contributed by atoms with van der Waals surface area (Å²) in [6.07, 6.45) is 4.34. The maximum Gasteiger partial charge on any atom is 0.371 e. The van der Waals surface area contributed by atoms with Crippen molar-refractivity contribution in [3.63, 3.8) is 0 Å². The highest BCUT2D eigenvalue weighted by Gasteiger charge is 2.37. The lowest BCUT2D eigenvalue weighted by Crippen LogP contribution is -2.33. The molecule has 5 heteroatoms. The van der Waals surface area contributed by atoms with Gasteiger partial charge in [0.15, 0.2) is 0 Å². The lowest BCUT2D eigenvalue weighted by atomic mass is 9.63. The molecule has 37 heavy (non-hydrogen) atoms. The summed E-state index contributed by atoms with van der Waals surface area (Å²) >= 11 is 0. The number of fused-ring (bicyclic) bond motifs is 1. The number of carboxylic acid groups (broad SMARTS) is 1. The van der Waals surface area contributed by atoms with Gasteiger partial charge in [0.2, 0.25) is 5.76 Å². The molecule has 2 aromatic carbocycles. The SMILES string of the molecule is CC(C)NCCCCOc1ccc(-c2ccc(C(=O)O)o2)cc1-c1ccc2c(c1)C(C)(C)CCC2(C)C. The topological polar surface area (TPSA) is 71.7 Å². The average Bonchev–Trinajstić information content (AvgIpc) is 3.35. The molecule has 1 heterocycles. The van der Waals surface area contributed by atoms with Crippen molar-refractivity contribution < 1.29 is 19.1 Å². The van der Waals surface area contributed by atoms with Crippen LogP contribution in [-0.2, 0) is 10.8 Å². The second-order valence-corrected chi connectivity index (χ2v) is 11.9. The smallest absolute Gasteiger partial charge is 0.371 e. The summed E-state index contributed by atoms with van der Waals surface area (Å²) in [4.78, 5) is 11.4. The second kappa shape index (κ2) is 10.7. The molecule has 0 spiro atoms. The summed E-state index contributed by atoms with van der Waals surface area (Å²) in [5.74, 6) is 0.227. The average molecular weight is 504 g/mol. The number of rotatable bonds is 10. The lowest BCUT2D eigenvalue weighted by Gasteiger charge is -2.42. The van der Waals surface area contributed by atoms with Crippen LogP contribution in [0.5, 0.6) is 5.75 Å². The first-order valence-corrected chi connectivity index (χ1v) is 13.5. The Balaban J connectivity index is 1.69. The summed E-state index contributed by atoms with van der Waals surface area (Å²) in [5.41, 5.74) is 5.98. The Kier molecular flexibility index (Phi) is 7.84. The van der Waals surface area contributed by atoms with E-state index in [4.69, 9.17) is 9.15 Å². The molecular weight excluding hydrogens is 462 g/mol. The van der Waals surface area contributed by atoms with E-state index in [0.717, 1.165) is 48.2 Å². The first-order chi connectivity index (χ1) is 17.5. The lowest BCUT2D eigenvalue weighted by molar-refractivity contribution is 0.0663. The monoisotopic (exact) mass is 503 g/mol. The van der Waals surface area contributed by atoms with E-state index in [2.05, 4.69) is 71.1 Å². The summed E-state index contributed by atoms with van der Waals surface area (Å²) < 4.78 is 11.9. The molecule has 0 fully saturated rings. The molecule has 1 aliphatic rings. The van der Waals surface area contributed by atoms with Crippen LogP contribution in [0.15, 0.2) is 52.9 Å². The first-order valence-electron chi connectivity index (χ1n) is 13.5. The minimum atomic E-state index is -1.07. The van der Waals surface area contributed by atoms with E-state index in [1.165, 1.54) is 23.6 Å². The van der Waals surface area contributed by atoms with Crippen molar-refractivity contribution in [2.24, 2.45) is 0 Å². The van der Waals surface area contributed by atoms with E-state index in [1.807, 2.05) is 12.1 Å². The van der Waals surface area contributed by atoms with Crippen molar-refractivity contribution in [2.45, 2.75) is 84.1 Å². The fourth-order valence-corrected chi connectivity index (χ4v) is 5.20. The van der Waals surface area contributed by atoms with Crippen molar-refractivity contribution in [3.8, 4) is 28.2 Å². The number of benzene rings is 2. The zero-order valence-electron chi connectivity index (χ0n) is 23.1. The maximum absolute atomic E-state index is 11.4. The number of carboxylic acids is 1. The Morgan fingerprint density at radius 1 is 0.946 bits per heavy atom. The quantitative estimate of drug-likeness (QED) is 0.276. The van der Waals surface area contributed by atoms with E-state index in [1.54, 1.807) is 6.07 Å². The van der Waals surface area contributed by atoms with Gasteiger partial charge in [0.05, 0.1) is 6.61 Å². The van der Waals surface area contributed by atoms with Gasteiger partial charge in [-0.25, -0.2) is 4.79 Å². The molecule has 0 amide bonds. The molecule has 1 aliphatic carbocycles. The Hall–Kier alpha value is -3.05. The van der Waals surface area contributed by atoms with Gasteiger partial charge in [-0.3, -0.25) is 0 Å². The van der Waals surface area contributed by atoms with Gasteiger partial charge in [-0.05, 0) is 90.1 Å². The van der Waals surface area contributed by atoms with Gasteiger partial charge >= 0.3 is 5.97 Å². The zero-order chi connectivity index (χ0) is 26.8. The van der Waals surface area contributed by atoms with E-state index in [0.29, 0.717) is 18.4 Å². The number of furan rings is 1. The van der Waals surface area contributed by atoms with Gasteiger partial charge in [-0.15, -0.1) is 0 Å². The Morgan fingerprint density at radius 3 is 2.32 bits per heavy atom. The number of hydrogen-bond acceptors (Lipinski definition) is 4. The molecule has 0 saturated heterocycles. The zero-order valence-corrected chi connectivity index (χ0v) is 23.1. The second-order valence-electron chi connectivity index (χ2n) is 11.9. The molecule has 3 aromatic rings. The van der Waals surface area contributed by atoms with Crippen LogP contribution in [0.2, 0.25) is 0 Å². The van der Waals surface area contributed by atoms with Crippen molar-refractivity contribution in [1.29, 1.82) is 0 Å². The Morgan fingerprint density at radius 2 is 1.65 bits per heavy atom. The van der Waals surface area contributed by atoms with E-state index in [-0.39, 0.29) is 16.6 Å². The molecule has 0 aliphatic heterocycles. The number of nitrogens with one attached hydrogen (secondary N) is 1. The van der Waals surface area contributed by atoms with Crippen LogP contribution in [0.25, 0.3) is 22.5 Å². The third-order valence-electron chi connectivity index (χ3n) is 7.63. The molecular formula is C32H41NO4. The summed E-state index contributed by atoms with van der Waals surface area (Å²) in [7, 11) is 0. The number of aromatic carboxylic acids is 1. The highest BCUT2D eigenvalue weighted by molar-refractivity contribution is 5.85. The maximum atomic E-state index is 11.4. The van der Waals surface area contributed by atoms with Crippen molar-refractivity contribution in [1.82, 2.24) is 5.32 Å². The molecule has 2 N–H and O–H groups in total. The van der Waals surface area contributed by atoms with Gasteiger partial charge < -0.3 is 19.6 Å². The van der Waals surface area contributed by atoms with E-state index < -0.39 is 5.97 Å². The highest BCUT2D eigenvalue weighted by Crippen LogP contribution is 2.47. The molecule has 0 radical (unpaired) electrons. The Bertz CT molecular complexity index is 1250. The van der Waals surface area contributed by atoms with Crippen molar-refractivity contribution in [3.05, 3.63) is 65.4 Å². The van der Waals surface area contributed by atoms with Crippen molar-refractivity contribution in [2.75, 3.05) is 13.2 Å². The molecule has 1 aromatic heterocycles. The number of hydrogen-bond donors (Lipinski definition) is 2. The van der Waals surface area contributed by atoms with Crippen LogP contribution < -0.4 is 10.1 Å². The van der Waals surface area contributed by atoms with Crippen LogP contribution in [0.4, 0.5) is 0 Å². The number of unbranched alkanes of at least 4 members (excludes halogenated alkanes) is 1. The van der Waals surface area contributed by atoms with Crippen LogP contribution in [0.3, 0.4) is 0 Å². The van der Waals surface area contributed by atoms with Gasteiger partial charge in [0, 0.05) is 17.2 Å². The fourth-order valence-electron chi connectivity index (χ4n) is 5.20. The minimum absolute atomic E-state index is 0.0651. The molecule has 0 atom stereocenters. The summed E-state index contributed by atoms with van der Waals surface area (Å²) in [6, 6.07) is 16.5. The molecule has 0 bridgehead atoms. The van der Waals surface area contributed by atoms with E-state index in [9.17, 15) is 9.90 Å². The molecule has 0 unspecified atom stereocenters. The van der Waals surface area contributed by atoms with Gasteiger partial charge in [-0.1, -0.05) is 59.7 Å². The van der Waals surface area contributed by atoms with Gasteiger partial charge in [0.25, 0.3) is 0 Å². The standard InChI is InChI=1S/C32H41NO4/c1-21(2)33-17-7-8-18-36-28-12-10-23(27-13-14-29(37-27)30(34)35)19-24(28)22-9-11-25-26(20-22)32(5,6)16-15-31(25,3)4/h9-14,19-21,33H,7-8,15-18H2,1-6H3,(H,34,35). The summed E-state index contributed by atoms with van der Waals surface area (Å²) in [5, 5.41) is 12.7. The van der Waals surface area contributed by atoms with Crippen molar-refractivity contribution >= 4 is 5.97 Å². The van der Waals surface area contributed by atoms with Gasteiger partial charge in [0.1, 0.15) is 11.5 Å². The first kappa shape index (κ1) is 27.0. The third-order valence-corrected chi connectivity index (χ3v) is 7.63. The predicted molar refractivity (Wildman–Crippen MR) is 150 cm³/mol. The van der Waals surface area contributed by atoms with Crippen LogP contribution >= 0.6 is 0 Å². The normalized spacial score (nSPS) is 16.0. The van der Waals surface area contributed by atoms with Crippen LogP contribution in [0, 0.1) is 0 Å². The molecule has 5 nitrogen and oxygen atoms in total. The molecule has 4 rings (SSSR count). The third kappa shape index (κ3) is 6.10. The fraction of sp³-hybridized carbons (Fsp3) is 0.469. The Labute approximate surface area is 221 Å². The highest BCUT2D eigenvalue weighted by atomic mass is 16.5. The van der Waals surface area contributed by atoms with Gasteiger partial charge in [-0.2, -0.15) is 0 Å². The largest absolute Gasteiger partial charge is 0.493 e. The van der Waals surface area contributed by atoms with Crippen LogP contribution in [-0.4, -0.2) is 30.3 Å². The summed E-state index contributed by atoms with van der Waals surface area (Å²) in [6.45, 7) is 15.3. The number of ether oxygens (including phenoxy) is 1. The predicted octanol–water partition coefficient (Wildman–Crippen LogP) is 7.82. The van der Waals surface area contributed by atoms with Crippen LogP contribution in [0.1, 0.15) is 88.9 Å². The van der Waals surface area contributed by atoms with E-state index >= 15 is 0 Å². The minimum Gasteiger partial charge on any atom is -0.493 e. The number of carbonyl (C=O) groups is 1.